The fourth-order valence-corrected chi connectivity index (χ4v) is 3.40. The Kier molecular flexibility index (Phi) is 2.42. The fraction of sp³-hybridized carbons (Fsp3) is 0.571. The van der Waals surface area contributed by atoms with Crippen LogP contribution in [0.25, 0.3) is 0 Å². The van der Waals surface area contributed by atoms with Crippen LogP contribution < -0.4 is 16.0 Å². The minimum absolute atomic E-state index is 0.475. The molecule has 1 aliphatic heterocycles. The molecule has 0 aromatic heterocycles. The van der Waals surface area contributed by atoms with Gasteiger partial charge in [-0.15, -0.1) is 0 Å². The molecule has 0 unspecified atom stereocenters. The van der Waals surface area contributed by atoms with E-state index in [2.05, 4.69) is 29.4 Å². The standard InChI is InChI=1S/C14H21N3/c1-17-10-14(6-2-3-7-14)9-16-12-5-4-11(15)8-13(12)17/h4-5,8,16H,2-3,6-7,9-10,15H2,1H3. The predicted octanol–water partition coefficient (Wildman–Crippen LogP) is 2.69. The minimum atomic E-state index is 0.475. The van der Waals surface area contributed by atoms with Crippen LogP contribution in [0.3, 0.4) is 0 Å². The number of nitrogen functional groups attached to an aromatic ring is 1. The van der Waals surface area contributed by atoms with Crippen LogP contribution in [0.4, 0.5) is 17.1 Å². The van der Waals surface area contributed by atoms with Crippen LogP contribution in [0, 0.1) is 5.41 Å². The van der Waals surface area contributed by atoms with Gasteiger partial charge in [-0.2, -0.15) is 0 Å². The molecule has 92 valence electrons. The second-order valence-electron chi connectivity index (χ2n) is 5.69. The van der Waals surface area contributed by atoms with Gasteiger partial charge in [-0.05, 0) is 31.0 Å². The summed E-state index contributed by atoms with van der Waals surface area (Å²) in [5.74, 6) is 0. The summed E-state index contributed by atoms with van der Waals surface area (Å²) < 4.78 is 0. The van der Waals surface area contributed by atoms with Crippen molar-refractivity contribution >= 4 is 17.1 Å². The zero-order valence-corrected chi connectivity index (χ0v) is 10.5. The maximum Gasteiger partial charge on any atom is 0.0620 e. The third-order valence-electron chi connectivity index (χ3n) is 4.32. The average Bonchev–Trinajstić information content (AvgIpc) is 2.71. The Bertz CT molecular complexity index is 421. The number of hydrogen-bond acceptors (Lipinski definition) is 3. The van der Waals surface area contributed by atoms with Crippen molar-refractivity contribution in [1.82, 2.24) is 0 Å². The number of nitrogens with zero attached hydrogens (tertiary/aromatic N) is 1. The van der Waals surface area contributed by atoms with Gasteiger partial charge in [0.05, 0.1) is 11.4 Å². The zero-order chi connectivity index (χ0) is 11.9. The van der Waals surface area contributed by atoms with Crippen molar-refractivity contribution < 1.29 is 0 Å². The Labute approximate surface area is 103 Å². The molecule has 0 radical (unpaired) electrons. The van der Waals surface area contributed by atoms with Gasteiger partial charge in [-0.25, -0.2) is 0 Å². The van der Waals surface area contributed by atoms with Gasteiger partial charge in [0.15, 0.2) is 0 Å². The monoisotopic (exact) mass is 231 g/mol. The molecule has 1 heterocycles. The molecule has 1 aromatic rings. The summed E-state index contributed by atoms with van der Waals surface area (Å²) in [6.45, 7) is 2.25. The van der Waals surface area contributed by atoms with Crippen LogP contribution in [-0.2, 0) is 0 Å². The molecule has 0 atom stereocenters. The van der Waals surface area contributed by atoms with Crippen molar-refractivity contribution in [2.75, 3.05) is 36.1 Å². The summed E-state index contributed by atoms with van der Waals surface area (Å²) in [4.78, 5) is 2.37. The first-order valence-electron chi connectivity index (χ1n) is 6.53. The first kappa shape index (κ1) is 10.8. The van der Waals surface area contributed by atoms with Crippen molar-refractivity contribution in [2.24, 2.45) is 5.41 Å². The number of nitrogens with one attached hydrogen (secondary N) is 1. The maximum absolute atomic E-state index is 5.89. The summed E-state index contributed by atoms with van der Waals surface area (Å²) in [5.41, 5.74) is 9.68. The van der Waals surface area contributed by atoms with Gasteiger partial charge in [0.1, 0.15) is 0 Å². The Morgan fingerprint density at radius 2 is 2.06 bits per heavy atom. The van der Waals surface area contributed by atoms with E-state index in [4.69, 9.17) is 5.73 Å². The lowest BCUT2D eigenvalue weighted by molar-refractivity contribution is 0.330. The van der Waals surface area contributed by atoms with E-state index in [9.17, 15) is 0 Å². The number of benzene rings is 1. The van der Waals surface area contributed by atoms with Crippen molar-refractivity contribution in [3.05, 3.63) is 18.2 Å². The molecule has 0 bridgehead atoms. The van der Waals surface area contributed by atoms with Gasteiger partial charge >= 0.3 is 0 Å². The van der Waals surface area contributed by atoms with Crippen LogP contribution in [0.2, 0.25) is 0 Å². The van der Waals surface area contributed by atoms with Crippen LogP contribution in [0.1, 0.15) is 25.7 Å². The summed E-state index contributed by atoms with van der Waals surface area (Å²) in [7, 11) is 2.19. The quantitative estimate of drug-likeness (QED) is 0.675. The van der Waals surface area contributed by atoms with Crippen LogP contribution in [0.5, 0.6) is 0 Å². The van der Waals surface area contributed by atoms with E-state index in [-0.39, 0.29) is 0 Å². The fourth-order valence-electron chi connectivity index (χ4n) is 3.40. The third kappa shape index (κ3) is 1.84. The SMILES string of the molecule is CN1CC2(CCCC2)CNc2ccc(N)cc21. The Balaban J connectivity index is 1.94. The topological polar surface area (TPSA) is 41.3 Å². The van der Waals surface area contributed by atoms with E-state index in [1.54, 1.807) is 0 Å². The normalized spacial score (nSPS) is 22.1. The van der Waals surface area contributed by atoms with Gasteiger partial charge in [0.25, 0.3) is 0 Å². The molecule has 3 N–H and O–H groups in total. The Hall–Kier alpha value is -1.38. The van der Waals surface area contributed by atoms with Gasteiger partial charge in [0.2, 0.25) is 0 Å². The molecule has 3 rings (SSSR count). The molecule has 1 aliphatic carbocycles. The van der Waals surface area contributed by atoms with Crippen LogP contribution >= 0.6 is 0 Å². The maximum atomic E-state index is 5.89. The summed E-state index contributed by atoms with van der Waals surface area (Å²) in [6, 6.07) is 6.16. The number of hydrogen-bond donors (Lipinski definition) is 2. The van der Waals surface area contributed by atoms with Crippen molar-refractivity contribution in [2.45, 2.75) is 25.7 Å². The van der Waals surface area contributed by atoms with Crippen molar-refractivity contribution in [1.29, 1.82) is 0 Å². The summed E-state index contributed by atoms with van der Waals surface area (Å²) >= 11 is 0. The Morgan fingerprint density at radius 1 is 1.29 bits per heavy atom. The van der Waals surface area contributed by atoms with Crippen LogP contribution in [0.15, 0.2) is 18.2 Å². The first-order valence-corrected chi connectivity index (χ1v) is 6.53. The molecule has 0 amide bonds. The molecular formula is C14H21N3. The minimum Gasteiger partial charge on any atom is -0.399 e. The van der Waals surface area contributed by atoms with E-state index in [0.29, 0.717) is 5.41 Å². The van der Waals surface area contributed by atoms with E-state index in [1.807, 2.05) is 6.07 Å². The molecule has 3 heteroatoms. The molecule has 1 aromatic carbocycles. The van der Waals surface area contributed by atoms with Crippen molar-refractivity contribution in [3.63, 3.8) is 0 Å². The largest absolute Gasteiger partial charge is 0.399 e. The van der Waals surface area contributed by atoms with Gasteiger partial charge in [0, 0.05) is 31.2 Å². The van der Waals surface area contributed by atoms with E-state index < -0.39 is 0 Å². The predicted molar refractivity (Wildman–Crippen MR) is 73.5 cm³/mol. The molecule has 2 aliphatic rings. The highest BCUT2D eigenvalue weighted by molar-refractivity contribution is 5.74. The number of nitrogens with two attached hydrogens (primary N) is 1. The molecule has 17 heavy (non-hydrogen) atoms. The lowest BCUT2D eigenvalue weighted by Crippen LogP contribution is -2.36. The lowest BCUT2D eigenvalue weighted by atomic mass is 9.86. The molecule has 1 fully saturated rings. The number of rotatable bonds is 0. The van der Waals surface area contributed by atoms with Gasteiger partial charge < -0.3 is 16.0 Å². The lowest BCUT2D eigenvalue weighted by Gasteiger charge is -2.31. The molecule has 1 spiro atoms. The molecule has 0 saturated heterocycles. The zero-order valence-electron chi connectivity index (χ0n) is 10.5. The van der Waals surface area contributed by atoms with Gasteiger partial charge in [-0.3, -0.25) is 0 Å². The molecule has 3 nitrogen and oxygen atoms in total. The second-order valence-corrected chi connectivity index (χ2v) is 5.69. The number of fused-ring (bicyclic) bond motifs is 1. The van der Waals surface area contributed by atoms with E-state index in [1.165, 1.54) is 37.1 Å². The smallest absolute Gasteiger partial charge is 0.0620 e. The highest BCUT2D eigenvalue weighted by Gasteiger charge is 2.37. The van der Waals surface area contributed by atoms with Gasteiger partial charge in [-0.1, -0.05) is 12.8 Å². The van der Waals surface area contributed by atoms with E-state index >= 15 is 0 Å². The van der Waals surface area contributed by atoms with E-state index in [0.717, 1.165) is 18.8 Å². The second kappa shape index (κ2) is 3.83. The highest BCUT2D eigenvalue weighted by atomic mass is 15.2. The summed E-state index contributed by atoms with van der Waals surface area (Å²) in [6.07, 6.45) is 5.48. The summed E-state index contributed by atoms with van der Waals surface area (Å²) in [5, 5.41) is 3.62. The number of anilines is 3. The Morgan fingerprint density at radius 3 is 2.82 bits per heavy atom. The third-order valence-corrected chi connectivity index (χ3v) is 4.32. The van der Waals surface area contributed by atoms with Crippen molar-refractivity contribution in [3.8, 4) is 0 Å². The van der Waals surface area contributed by atoms with Crippen LogP contribution in [-0.4, -0.2) is 20.1 Å². The molecular weight excluding hydrogens is 210 g/mol. The average molecular weight is 231 g/mol. The highest BCUT2D eigenvalue weighted by Crippen LogP contribution is 2.43. The first-order chi connectivity index (χ1) is 8.19. The molecule has 1 saturated carbocycles.